The highest BCUT2D eigenvalue weighted by molar-refractivity contribution is 8.00. The molecule has 4 atom stereocenters. The van der Waals surface area contributed by atoms with E-state index in [0.717, 1.165) is 17.3 Å². The Morgan fingerprint density at radius 3 is 1.82 bits per heavy atom. The summed E-state index contributed by atoms with van der Waals surface area (Å²) in [5.74, 6) is -1.90. The summed E-state index contributed by atoms with van der Waals surface area (Å²) >= 11 is 1.06. The predicted molar refractivity (Wildman–Crippen MR) is 141 cm³/mol. The fourth-order valence-corrected chi connectivity index (χ4v) is 5.21. The Bertz CT molecular complexity index is 1270. The number of ether oxygens (including phenoxy) is 5. The summed E-state index contributed by atoms with van der Waals surface area (Å²) in [5, 5.41) is -0.721. The van der Waals surface area contributed by atoms with Gasteiger partial charge in [0.15, 0.2) is 17.6 Å². The van der Waals surface area contributed by atoms with Crippen LogP contribution in [-0.4, -0.2) is 53.6 Å². The summed E-state index contributed by atoms with van der Waals surface area (Å²) in [6.45, 7) is 0.950. The van der Waals surface area contributed by atoms with Crippen LogP contribution in [0.1, 0.15) is 33.2 Å². The molecule has 1 saturated heterocycles. The minimum atomic E-state index is -1.23. The first-order valence-electron chi connectivity index (χ1n) is 12.1. The van der Waals surface area contributed by atoms with Crippen LogP contribution in [0.4, 0.5) is 4.79 Å². The number of carbonyl (C=O) groups is 4. The van der Waals surface area contributed by atoms with E-state index in [1.54, 1.807) is 84.9 Å². The van der Waals surface area contributed by atoms with Gasteiger partial charge in [0, 0.05) is 6.92 Å². The van der Waals surface area contributed by atoms with Crippen LogP contribution in [0, 0.1) is 0 Å². The predicted octanol–water partition coefficient (Wildman–Crippen LogP) is 4.80. The van der Waals surface area contributed by atoms with E-state index < -0.39 is 47.0 Å². The van der Waals surface area contributed by atoms with Gasteiger partial charge in [-0.15, -0.1) is 11.8 Å². The van der Waals surface area contributed by atoms with E-state index in [9.17, 15) is 19.2 Å². The number of esters is 3. The second-order valence-corrected chi connectivity index (χ2v) is 9.80. The lowest BCUT2D eigenvalue weighted by Crippen LogP contribution is -2.42. The second kappa shape index (κ2) is 13.5. The first-order valence-corrected chi connectivity index (χ1v) is 13.0. The van der Waals surface area contributed by atoms with E-state index >= 15 is 0 Å². The molecular formula is C29H26O9S. The second-order valence-electron chi connectivity index (χ2n) is 8.46. The summed E-state index contributed by atoms with van der Waals surface area (Å²) in [7, 11) is 0. The van der Waals surface area contributed by atoms with Crippen molar-refractivity contribution in [2.45, 2.75) is 36.4 Å². The Labute approximate surface area is 229 Å². The molecule has 1 aliphatic heterocycles. The zero-order valence-corrected chi connectivity index (χ0v) is 21.8. The minimum absolute atomic E-state index is 0.0512. The lowest BCUT2D eigenvalue weighted by Gasteiger charge is -2.25. The third-order valence-electron chi connectivity index (χ3n) is 5.62. The van der Waals surface area contributed by atoms with Crippen LogP contribution in [0.3, 0.4) is 0 Å². The Hall–Kier alpha value is -4.31. The van der Waals surface area contributed by atoms with Crippen molar-refractivity contribution in [3.05, 3.63) is 108 Å². The smallest absolute Gasteiger partial charge is 0.461 e. The summed E-state index contributed by atoms with van der Waals surface area (Å²) in [6, 6.07) is 25.6. The molecule has 202 valence electrons. The Kier molecular flexibility index (Phi) is 9.58. The van der Waals surface area contributed by atoms with Crippen molar-refractivity contribution in [1.82, 2.24) is 0 Å². The Morgan fingerprint density at radius 1 is 0.667 bits per heavy atom. The van der Waals surface area contributed by atoms with Crippen molar-refractivity contribution in [1.29, 1.82) is 0 Å². The van der Waals surface area contributed by atoms with Crippen LogP contribution in [0.5, 0.6) is 0 Å². The molecule has 0 spiro atoms. The monoisotopic (exact) mass is 550 g/mol. The fraction of sp³-hybridized carbons (Fsp3) is 0.241. The number of hydrogen-bond acceptors (Lipinski definition) is 10. The van der Waals surface area contributed by atoms with Gasteiger partial charge in [-0.05, 0) is 29.8 Å². The van der Waals surface area contributed by atoms with Crippen molar-refractivity contribution in [2.75, 3.05) is 6.61 Å². The summed E-state index contributed by atoms with van der Waals surface area (Å²) < 4.78 is 27.4. The molecule has 1 aliphatic rings. The number of benzene rings is 3. The quantitative estimate of drug-likeness (QED) is 0.272. The summed E-state index contributed by atoms with van der Waals surface area (Å²) in [6.07, 6.45) is -3.39. The number of thioether (sulfide) groups is 1. The van der Waals surface area contributed by atoms with Gasteiger partial charge in [0.1, 0.15) is 13.2 Å². The molecule has 1 unspecified atom stereocenters. The number of hydrogen-bond donors (Lipinski definition) is 0. The van der Waals surface area contributed by atoms with Gasteiger partial charge in [0.05, 0.1) is 16.4 Å². The van der Waals surface area contributed by atoms with E-state index in [1.165, 1.54) is 6.92 Å². The van der Waals surface area contributed by atoms with Gasteiger partial charge >= 0.3 is 24.1 Å². The first kappa shape index (κ1) is 27.7. The van der Waals surface area contributed by atoms with Gasteiger partial charge in [0.2, 0.25) is 0 Å². The molecule has 0 amide bonds. The largest absolute Gasteiger partial charge is 0.509 e. The highest BCUT2D eigenvalue weighted by atomic mass is 32.2. The molecular weight excluding hydrogens is 524 g/mol. The van der Waals surface area contributed by atoms with Crippen LogP contribution in [-0.2, 0) is 35.1 Å². The number of rotatable bonds is 9. The molecule has 3 aromatic carbocycles. The fourth-order valence-electron chi connectivity index (χ4n) is 3.79. The lowest BCUT2D eigenvalue weighted by molar-refractivity contribution is -0.149. The van der Waals surface area contributed by atoms with Gasteiger partial charge < -0.3 is 23.7 Å². The van der Waals surface area contributed by atoms with Gasteiger partial charge in [0.25, 0.3) is 0 Å². The van der Waals surface area contributed by atoms with Gasteiger partial charge in [-0.25, -0.2) is 14.4 Å². The van der Waals surface area contributed by atoms with Crippen molar-refractivity contribution in [3.8, 4) is 0 Å². The minimum Gasteiger partial charge on any atom is -0.461 e. The zero-order valence-electron chi connectivity index (χ0n) is 21.0. The highest BCUT2D eigenvalue weighted by Gasteiger charge is 2.52. The Morgan fingerprint density at radius 2 is 1.23 bits per heavy atom. The van der Waals surface area contributed by atoms with Crippen LogP contribution < -0.4 is 0 Å². The van der Waals surface area contributed by atoms with Crippen LogP contribution in [0.2, 0.25) is 0 Å². The molecule has 39 heavy (non-hydrogen) atoms. The van der Waals surface area contributed by atoms with E-state index in [1.807, 2.05) is 6.07 Å². The van der Waals surface area contributed by atoms with E-state index in [-0.39, 0.29) is 18.8 Å². The lowest BCUT2D eigenvalue weighted by atomic mass is 10.1. The third kappa shape index (κ3) is 7.84. The molecule has 0 aliphatic carbocycles. The maximum Gasteiger partial charge on any atom is 0.509 e. The van der Waals surface area contributed by atoms with E-state index in [2.05, 4.69) is 0 Å². The maximum atomic E-state index is 13.0. The molecule has 0 radical (unpaired) electrons. The summed E-state index contributed by atoms with van der Waals surface area (Å²) in [5.41, 5.74) is 0.307. The topological polar surface area (TPSA) is 114 Å². The maximum absolute atomic E-state index is 13.0. The average molecular weight is 551 g/mol. The molecule has 0 N–H and O–H groups in total. The summed E-state index contributed by atoms with van der Waals surface area (Å²) in [4.78, 5) is 50.0. The van der Waals surface area contributed by atoms with Gasteiger partial charge in [-0.1, -0.05) is 66.7 Å². The van der Waals surface area contributed by atoms with E-state index in [4.69, 9.17) is 23.7 Å². The van der Waals surface area contributed by atoms with Crippen molar-refractivity contribution in [3.63, 3.8) is 0 Å². The van der Waals surface area contributed by atoms with Crippen molar-refractivity contribution >= 4 is 35.8 Å². The molecule has 3 aromatic rings. The number of carbonyl (C=O) groups excluding carboxylic acids is 4. The van der Waals surface area contributed by atoms with Crippen molar-refractivity contribution in [2.24, 2.45) is 0 Å². The van der Waals surface area contributed by atoms with Gasteiger partial charge in [-0.3, -0.25) is 4.79 Å². The standard InChI is InChI=1S/C29H26O9S/c1-19(30)36-28-25(38-29(33)35-17-20-11-5-2-6-12-20)24(37-27(32)22-15-9-4-10-16-22)23(39-28)18-34-26(31)21-13-7-3-8-14-21/h2-16,23-25,28H,17-18H2,1H3/t23-,24+,25+,28?/m1/s1. The molecule has 9 nitrogen and oxygen atoms in total. The van der Waals surface area contributed by atoms with Crippen molar-refractivity contribution < 1.29 is 42.9 Å². The first-order chi connectivity index (χ1) is 18.9. The molecule has 4 rings (SSSR count). The normalized spacial score (nSPS) is 19.9. The SMILES string of the molecule is CC(=O)OC1S[C@H](COC(=O)c2ccccc2)[C@H](OC(=O)c2ccccc2)[C@@H]1OC(=O)OCc1ccccc1. The van der Waals surface area contributed by atoms with Gasteiger partial charge in [-0.2, -0.15) is 0 Å². The van der Waals surface area contributed by atoms with E-state index in [0.29, 0.717) is 5.56 Å². The van der Waals surface area contributed by atoms with Crippen LogP contribution in [0.25, 0.3) is 0 Å². The Balaban J connectivity index is 1.52. The molecule has 1 heterocycles. The molecule has 0 aromatic heterocycles. The molecule has 10 heteroatoms. The molecule has 1 fully saturated rings. The zero-order chi connectivity index (χ0) is 27.6. The highest BCUT2D eigenvalue weighted by Crippen LogP contribution is 2.40. The molecule has 0 bridgehead atoms. The third-order valence-corrected chi connectivity index (χ3v) is 7.01. The molecule has 0 saturated carbocycles. The average Bonchev–Trinajstić information content (AvgIpc) is 3.26. The van der Waals surface area contributed by atoms with Crippen LogP contribution in [0.15, 0.2) is 91.0 Å². The van der Waals surface area contributed by atoms with Crippen LogP contribution >= 0.6 is 11.8 Å².